The number of carbonyl (C=O) groups excluding carboxylic acids is 3. The summed E-state index contributed by atoms with van der Waals surface area (Å²) in [5, 5.41) is 10.1. The van der Waals surface area contributed by atoms with Crippen LogP contribution >= 0.6 is 0 Å². The van der Waals surface area contributed by atoms with Crippen molar-refractivity contribution < 1.29 is 24.2 Å². The summed E-state index contributed by atoms with van der Waals surface area (Å²) in [6, 6.07) is 0. The fraction of sp³-hybridized carbons (Fsp3) is 0.889. The molecule has 5 fully saturated rings. The Morgan fingerprint density at radius 2 is 1.53 bits per heavy atom. The van der Waals surface area contributed by atoms with Crippen LogP contribution in [-0.4, -0.2) is 77.5 Å². The van der Waals surface area contributed by atoms with Crippen LogP contribution < -0.4 is 0 Å². The van der Waals surface area contributed by atoms with E-state index < -0.39 is 5.60 Å². The SMILES string of the molecule is CC1(C(=O)CC2CCCC(C3CCC(C(=O)N4CCN(C(=O)C5(O)CC5)CC4)CC3)C2)COC1. The largest absolute Gasteiger partial charge is 0.380 e. The first-order valence-corrected chi connectivity index (χ1v) is 13.7. The van der Waals surface area contributed by atoms with Crippen LogP contribution in [0.3, 0.4) is 0 Å². The Bertz CT molecular complexity index is 789. The Kier molecular flexibility index (Phi) is 6.79. The lowest BCUT2D eigenvalue weighted by molar-refractivity contribution is -0.156. The summed E-state index contributed by atoms with van der Waals surface area (Å²) in [6.07, 6.45) is 10.9. The van der Waals surface area contributed by atoms with Crippen molar-refractivity contribution >= 4 is 17.6 Å². The fourth-order valence-electron chi connectivity index (χ4n) is 6.88. The predicted octanol–water partition coefficient (Wildman–Crippen LogP) is 2.79. The third kappa shape index (κ3) is 4.92. The second-order valence-electron chi connectivity index (χ2n) is 12.2. The van der Waals surface area contributed by atoms with Crippen molar-refractivity contribution in [2.24, 2.45) is 29.1 Å². The van der Waals surface area contributed by atoms with Crippen LogP contribution in [0, 0.1) is 29.1 Å². The summed E-state index contributed by atoms with van der Waals surface area (Å²) in [5.41, 5.74) is -1.35. The molecule has 3 aliphatic carbocycles. The Hall–Kier alpha value is -1.47. The van der Waals surface area contributed by atoms with Gasteiger partial charge in [0.05, 0.1) is 18.6 Å². The molecule has 0 aromatic heterocycles. The van der Waals surface area contributed by atoms with Crippen LogP contribution in [0.25, 0.3) is 0 Å². The summed E-state index contributed by atoms with van der Waals surface area (Å²) >= 11 is 0. The molecule has 2 heterocycles. The van der Waals surface area contributed by atoms with E-state index >= 15 is 0 Å². The number of hydrogen-bond acceptors (Lipinski definition) is 5. The van der Waals surface area contributed by atoms with Crippen molar-refractivity contribution in [3.63, 3.8) is 0 Å². The summed E-state index contributed by atoms with van der Waals surface area (Å²) in [7, 11) is 0. The molecule has 0 aromatic carbocycles. The summed E-state index contributed by atoms with van der Waals surface area (Å²) in [4.78, 5) is 41.9. The van der Waals surface area contributed by atoms with Crippen molar-refractivity contribution in [1.82, 2.24) is 9.80 Å². The van der Waals surface area contributed by atoms with Crippen LogP contribution in [0.1, 0.15) is 77.6 Å². The van der Waals surface area contributed by atoms with Gasteiger partial charge >= 0.3 is 0 Å². The standard InChI is InChI=1S/C27H42N2O5/c1-26(17-34-18-26)23(30)16-19-3-2-4-22(15-19)20-5-7-21(8-6-20)24(31)28-11-13-29(14-12-28)25(32)27(33)9-10-27/h19-22,33H,2-18H2,1H3. The van der Waals surface area contributed by atoms with Gasteiger partial charge in [-0.2, -0.15) is 0 Å². The first-order chi connectivity index (χ1) is 16.3. The van der Waals surface area contributed by atoms with E-state index in [1.54, 1.807) is 4.90 Å². The highest BCUT2D eigenvalue weighted by Crippen LogP contribution is 2.44. The van der Waals surface area contributed by atoms with E-state index in [9.17, 15) is 19.5 Å². The van der Waals surface area contributed by atoms with Crippen LogP contribution in [0.15, 0.2) is 0 Å². The van der Waals surface area contributed by atoms with Gasteiger partial charge in [0.25, 0.3) is 5.91 Å². The van der Waals surface area contributed by atoms with Crippen LogP contribution in [0.5, 0.6) is 0 Å². The fourth-order valence-corrected chi connectivity index (χ4v) is 6.88. The Morgan fingerprint density at radius 3 is 2.12 bits per heavy atom. The van der Waals surface area contributed by atoms with Gasteiger partial charge in [-0.15, -0.1) is 0 Å². The molecule has 0 radical (unpaired) electrons. The lowest BCUT2D eigenvalue weighted by atomic mass is 9.67. The minimum Gasteiger partial charge on any atom is -0.380 e. The van der Waals surface area contributed by atoms with Crippen LogP contribution in [0.2, 0.25) is 0 Å². The van der Waals surface area contributed by atoms with Gasteiger partial charge in [0, 0.05) is 38.5 Å². The molecule has 190 valence electrons. The normalized spacial score (nSPS) is 34.8. The summed E-state index contributed by atoms with van der Waals surface area (Å²) in [5.74, 6) is 2.55. The zero-order valence-electron chi connectivity index (χ0n) is 20.8. The number of amides is 2. The van der Waals surface area contributed by atoms with Crippen LogP contribution in [-0.2, 0) is 19.1 Å². The lowest BCUT2D eigenvalue weighted by Gasteiger charge is -2.41. The first-order valence-electron chi connectivity index (χ1n) is 13.7. The summed E-state index contributed by atoms with van der Waals surface area (Å²) < 4.78 is 5.29. The van der Waals surface area contributed by atoms with Crippen molar-refractivity contribution in [1.29, 1.82) is 0 Å². The molecule has 1 N–H and O–H groups in total. The smallest absolute Gasteiger partial charge is 0.254 e. The minimum absolute atomic E-state index is 0.116. The van der Waals surface area contributed by atoms with E-state index in [0.717, 1.165) is 32.1 Å². The molecule has 2 aliphatic heterocycles. The molecule has 0 bridgehead atoms. The molecule has 34 heavy (non-hydrogen) atoms. The monoisotopic (exact) mass is 474 g/mol. The maximum absolute atomic E-state index is 13.1. The number of rotatable bonds is 6. The molecule has 2 atom stereocenters. The first kappa shape index (κ1) is 24.2. The minimum atomic E-state index is -1.11. The van der Waals surface area contributed by atoms with E-state index in [2.05, 4.69) is 0 Å². The number of nitrogens with zero attached hydrogens (tertiary/aromatic N) is 2. The molecule has 2 saturated heterocycles. The molecule has 3 saturated carbocycles. The Balaban J connectivity index is 1.05. The zero-order valence-corrected chi connectivity index (χ0v) is 20.8. The number of ketones is 1. The third-order valence-corrected chi connectivity index (χ3v) is 9.60. The molecule has 2 amide bonds. The van der Waals surface area contributed by atoms with Gasteiger partial charge in [-0.1, -0.05) is 19.3 Å². The maximum Gasteiger partial charge on any atom is 0.254 e. The van der Waals surface area contributed by atoms with Gasteiger partial charge in [0.15, 0.2) is 0 Å². The lowest BCUT2D eigenvalue weighted by Crippen LogP contribution is -2.54. The quantitative estimate of drug-likeness (QED) is 0.640. The average Bonchev–Trinajstić information content (AvgIpc) is 3.60. The number of carbonyl (C=O) groups is 3. The van der Waals surface area contributed by atoms with Crippen molar-refractivity contribution in [2.75, 3.05) is 39.4 Å². The number of aliphatic hydroxyl groups is 1. The maximum atomic E-state index is 13.1. The van der Waals surface area contributed by atoms with E-state index in [-0.39, 0.29) is 23.1 Å². The predicted molar refractivity (Wildman–Crippen MR) is 127 cm³/mol. The van der Waals surface area contributed by atoms with Gasteiger partial charge in [0.2, 0.25) is 5.91 Å². The van der Waals surface area contributed by atoms with Gasteiger partial charge in [-0.25, -0.2) is 0 Å². The van der Waals surface area contributed by atoms with E-state index in [1.165, 1.54) is 25.7 Å². The van der Waals surface area contributed by atoms with E-state index in [0.29, 0.717) is 75.8 Å². The second-order valence-corrected chi connectivity index (χ2v) is 12.2. The molecular weight excluding hydrogens is 432 g/mol. The van der Waals surface area contributed by atoms with Crippen LogP contribution in [0.4, 0.5) is 0 Å². The summed E-state index contributed by atoms with van der Waals surface area (Å²) in [6.45, 7) is 5.48. The number of Topliss-reactive ketones (excluding diaryl/α,β-unsaturated/α-hetero) is 1. The number of hydrogen-bond donors (Lipinski definition) is 1. The third-order valence-electron chi connectivity index (χ3n) is 9.60. The topological polar surface area (TPSA) is 87.2 Å². The van der Waals surface area contributed by atoms with Crippen molar-refractivity contribution in [3.8, 4) is 0 Å². The molecule has 0 aromatic rings. The second kappa shape index (κ2) is 9.53. The molecule has 2 unspecified atom stereocenters. The van der Waals surface area contributed by atoms with Gasteiger partial charge in [-0.3, -0.25) is 14.4 Å². The molecule has 7 heteroatoms. The Labute approximate surface area is 203 Å². The number of piperazine rings is 1. The zero-order chi connectivity index (χ0) is 23.9. The van der Waals surface area contributed by atoms with E-state index in [1.807, 2.05) is 11.8 Å². The van der Waals surface area contributed by atoms with Gasteiger partial charge in [0.1, 0.15) is 11.4 Å². The molecule has 0 spiro atoms. The van der Waals surface area contributed by atoms with Gasteiger partial charge < -0.3 is 19.6 Å². The highest BCUT2D eigenvalue weighted by molar-refractivity contribution is 5.88. The highest BCUT2D eigenvalue weighted by Gasteiger charge is 2.50. The number of ether oxygens (including phenoxy) is 1. The van der Waals surface area contributed by atoms with Gasteiger partial charge in [-0.05, 0) is 69.6 Å². The molecular formula is C27H42N2O5. The molecule has 5 rings (SSSR count). The average molecular weight is 475 g/mol. The molecule has 7 nitrogen and oxygen atoms in total. The Morgan fingerprint density at radius 1 is 0.882 bits per heavy atom. The van der Waals surface area contributed by atoms with Crippen molar-refractivity contribution in [3.05, 3.63) is 0 Å². The highest BCUT2D eigenvalue weighted by atomic mass is 16.5. The van der Waals surface area contributed by atoms with Crippen molar-refractivity contribution in [2.45, 2.75) is 83.2 Å². The molecule has 5 aliphatic rings. The van der Waals surface area contributed by atoms with E-state index in [4.69, 9.17) is 4.74 Å².